The van der Waals surface area contributed by atoms with Crippen LogP contribution >= 0.6 is 12.4 Å². The molecular formula is C27H39ClN4O2. The maximum Gasteiger partial charge on any atom is 0.220 e. The number of halogens is 1. The van der Waals surface area contributed by atoms with Gasteiger partial charge in [-0.3, -0.25) is 14.7 Å². The first-order valence-corrected chi connectivity index (χ1v) is 12.5. The number of pyridine rings is 1. The van der Waals surface area contributed by atoms with E-state index in [2.05, 4.69) is 38.7 Å². The SMILES string of the molecule is CCOc1ccc(CCNC(=O)CCC[C@H]2NCC3CC2CN(Cc2cccnc2)C3)cc1.Cl. The van der Waals surface area contributed by atoms with E-state index in [-0.39, 0.29) is 18.3 Å². The highest BCUT2D eigenvalue weighted by Gasteiger charge is 2.36. The molecule has 1 aromatic carbocycles. The van der Waals surface area contributed by atoms with Crippen LogP contribution in [0.4, 0.5) is 0 Å². The van der Waals surface area contributed by atoms with Gasteiger partial charge in [-0.2, -0.15) is 0 Å². The molecule has 3 heterocycles. The lowest BCUT2D eigenvalue weighted by molar-refractivity contribution is -0.121. The van der Waals surface area contributed by atoms with Crippen LogP contribution < -0.4 is 15.4 Å². The van der Waals surface area contributed by atoms with Crippen molar-refractivity contribution in [2.24, 2.45) is 11.8 Å². The third kappa shape index (κ3) is 7.97. The van der Waals surface area contributed by atoms with Crippen molar-refractivity contribution in [2.45, 2.75) is 51.6 Å². The van der Waals surface area contributed by atoms with Crippen molar-refractivity contribution in [3.8, 4) is 5.75 Å². The Kier molecular flexibility index (Phi) is 10.6. The summed E-state index contributed by atoms with van der Waals surface area (Å²) in [6.07, 6.45) is 8.60. The van der Waals surface area contributed by atoms with Gasteiger partial charge in [0.1, 0.15) is 5.75 Å². The molecule has 2 N–H and O–H groups in total. The number of rotatable bonds is 11. The lowest BCUT2D eigenvalue weighted by Crippen LogP contribution is -2.55. The Hall–Kier alpha value is -2.15. The topological polar surface area (TPSA) is 66.5 Å². The number of hydrogen-bond donors (Lipinski definition) is 2. The number of piperidine rings is 2. The molecule has 2 aromatic rings. The zero-order valence-corrected chi connectivity index (χ0v) is 21.1. The number of likely N-dealkylation sites (tertiary alicyclic amines) is 1. The summed E-state index contributed by atoms with van der Waals surface area (Å²) in [6, 6.07) is 12.8. The second-order valence-corrected chi connectivity index (χ2v) is 9.50. The zero-order chi connectivity index (χ0) is 22.9. The average molecular weight is 487 g/mol. The van der Waals surface area contributed by atoms with Crippen LogP contribution in [0.15, 0.2) is 48.8 Å². The predicted molar refractivity (Wildman–Crippen MR) is 138 cm³/mol. The summed E-state index contributed by atoms with van der Waals surface area (Å²) in [4.78, 5) is 19.2. The van der Waals surface area contributed by atoms with E-state index in [1.807, 2.05) is 37.5 Å². The number of carbonyl (C=O) groups excluding carboxylic acids is 1. The summed E-state index contributed by atoms with van der Waals surface area (Å²) in [5.74, 6) is 2.47. The number of nitrogens with one attached hydrogen (secondary N) is 2. The first kappa shape index (κ1) is 26.5. The van der Waals surface area contributed by atoms with Gasteiger partial charge in [0.15, 0.2) is 0 Å². The second kappa shape index (κ2) is 13.7. The van der Waals surface area contributed by atoms with Crippen LogP contribution in [0.1, 0.15) is 43.7 Å². The largest absolute Gasteiger partial charge is 0.494 e. The fourth-order valence-electron chi connectivity index (χ4n) is 5.33. The first-order chi connectivity index (χ1) is 16.2. The van der Waals surface area contributed by atoms with Gasteiger partial charge in [0.25, 0.3) is 0 Å². The summed E-state index contributed by atoms with van der Waals surface area (Å²) in [6.45, 7) is 7.74. The van der Waals surface area contributed by atoms with Crippen LogP contribution in [-0.4, -0.2) is 54.6 Å². The summed E-state index contributed by atoms with van der Waals surface area (Å²) >= 11 is 0. The van der Waals surface area contributed by atoms with Gasteiger partial charge in [0, 0.05) is 51.0 Å². The molecule has 2 fully saturated rings. The molecule has 2 aliphatic heterocycles. The van der Waals surface area contributed by atoms with Gasteiger partial charge in [-0.1, -0.05) is 18.2 Å². The highest BCUT2D eigenvalue weighted by molar-refractivity contribution is 5.85. The number of aromatic nitrogens is 1. The van der Waals surface area contributed by atoms with Gasteiger partial charge in [-0.05, 0) is 80.3 Å². The quantitative estimate of drug-likeness (QED) is 0.505. The normalized spacial score (nSPS) is 22.0. The summed E-state index contributed by atoms with van der Waals surface area (Å²) in [5, 5.41) is 6.86. The number of amides is 1. The fraction of sp³-hybridized carbons (Fsp3) is 0.556. The molecule has 0 radical (unpaired) electrons. The number of carbonyl (C=O) groups is 1. The average Bonchev–Trinajstić information content (AvgIpc) is 2.82. The van der Waals surface area contributed by atoms with Crippen LogP contribution in [0.5, 0.6) is 5.75 Å². The van der Waals surface area contributed by atoms with Crippen LogP contribution in [0, 0.1) is 11.8 Å². The van der Waals surface area contributed by atoms with E-state index in [0.717, 1.165) is 50.6 Å². The van der Waals surface area contributed by atoms with E-state index in [1.165, 1.54) is 24.1 Å². The Balaban J connectivity index is 0.00000324. The highest BCUT2D eigenvalue weighted by atomic mass is 35.5. The number of ether oxygens (including phenoxy) is 1. The van der Waals surface area contributed by atoms with Crippen molar-refractivity contribution in [1.29, 1.82) is 0 Å². The molecule has 2 unspecified atom stereocenters. The lowest BCUT2D eigenvalue weighted by atomic mass is 9.79. The molecule has 0 saturated carbocycles. The fourth-order valence-corrected chi connectivity index (χ4v) is 5.33. The van der Waals surface area contributed by atoms with E-state index < -0.39 is 0 Å². The minimum Gasteiger partial charge on any atom is -0.494 e. The van der Waals surface area contributed by atoms with E-state index in [1.54, 1.807) is 0 Å². The summed E-state index contributed by atoms with van der Waals surface area (Å²) in [7, 11) is 0. The molecule has 6 nitrogen and oxygen atoms in total. The third-order valence-electron chi connectivity index (χ3n) is 6.90. The van der Waals surface area contributed by atoms with Crippen molar-refractivity contribution in [3.05, 3.63) is 59.9 Å². The summed E-state index contributed by atoms with van der Waals surface area (Å²) < 4.78 is 5.48. The van der Waals surface area contributed by atoms with Crippen molar-refractivity contribution >= 4 is 18.3 Å². The predicted octanol–water partition coefficient (Wildman–Crippen LogP) is 3.84. The van der Waals surface area contributed by atoms with Gasteiger partial charge in [-0.15, -0.1) is 12.4 Å². The van der Waals surface area contributed by atoms with Gasteiger partial charge >= 0.3 is 0 Å². The molecule has 1 amide bonds. The Morgan fingerprint density at radius 3 is 2.82 bits per heavy atom. The Morgan fingerprint density at radius 1 is 1.21 bits per heavy atom. The van der Waals surface area contributed by atoms with Crippen molar-refractivity contribution in [1.82, 2.24) is 20.5 Å². The monoisotopic (exact) mass is 486 g/mol. The van der Waals surface area contributed by atoms with Gasteiger partial charge < -0.3 is 15.4 Å². The van der Waals surface area contributed by atoms with Crippen LogP contribution in [-0.2, 0) is 17.8 Å². The second-order valence-electron chi connectivity index (χ2n) is 9.50. The Morgan fingerprint density at radius 2 is 2.06 bits per heavy atom. The van der Waals surface area contributed by atoms with Crippen LogP contribution in [0.2, 0.25) is 0 Å². The zero-order valence-electron chi connectivity index (χ0n) is 20.2. The highest BCUT2D eigenvalue weighted by Crippen LogP contribution is 2.31. The number of nitrogens with zero attached hydrogens (tertiary/aromatic N) is 2. The molecule has 3 atom stereocenters. The van der Waals surface area contributed by atoms with E-state index in [9.17, 15) is 4.79 Å². The third-order valence-corrected chi connectivity index (χ3v) is 6.90. The molecule has 7 heteroatoms. The molecule has 4 rings (SSSR count). The first-order valence-electron chi connectivity index (χ1n) is 12.5. The van der Waals surface area contributed by atoms with E-state index in [4.69, 9.17) is 4.74 Å². The van der Waals surface area contributed by atoms with Gasteiger partial charge in [-0.25, -0.2) is 0 Å². The van der Waals surface area contributed by atoms with Crippen molar-refractivity contribution in [2.75, 3.05) is 32.8 Å². The minimum atomic E-state index is 0. The van der Waals surface area contributed by atoms with Crippen LogP contribution in [0.25, 0.3) is 0 Å². The molecule has 0 spiro atoms. The van der Waals surface area contributed by atoms with E-state index in [0.29, 0.717) is 31.5 Å². The number of fused-ring (bicyclic) bond motifs is 2. The minimum absolute atomic E-state index is 0. The number of benzene rings is 1. The number of hydrogen-bond acceptors (Lipinski definition) is 5. The van der Waals surface area contributed by atoms with Crippen molar-refractivity contribution in [3.63, 3.8) is 0 Å². The Labute approximate surface area is 210 Å². The molecule has 0 aliphatic carbocycles. The van der Waals surface area contributed by atoms with Crippen LogP contribution in [0.3, 0.4) is 0 Å². The molecule has 34 heavy (non-hydrogen) atoms. The molecule has 2 aliphatic rings. The standard InChI is InChI=1S/C27H38N4O2.ClH/c1-2-33-25-10-8-21(9-11-25)12-14-29-27(32)7-3-6-26-24-15-23(17-30-26)19-31(20-24)18-22-5-4-13-28-16-22;/h4-5,8-11,13,16,23-24,26,30H,2-3,6-7,12,14-15,17-20H2,1H3,(H,29,32);1H/t23?,24?,26-;/m1./s1. The molecular weight excluding hydrogens is 448 g/mol. The molecule has 1 aromatic heterocycles. The van der Waals surface area contributed by atoms with E-state index >= 15 is 0 Å². The maximum atomic E-state index is 12.3. The lowest BCUT2D eigenvalue weighted by Gasteiger charge is -2.46. The molecule has 186 valence electrons. The smallest absolute Gasteiger partial charge is 0.220 e. The summed E-state index contributed by atoms with van der Waals surface area (Å²) in [5.41, 5.74) is 2.51. The van der Waals surface area contributed by atoms with Crippen molar-refractivity contribution < 1.29 is 9.53 Å². The Bertz CT molecular complexity index is 865. The maximum absolute atomic E-state index is 12.3. The van der Waals surface area contributed by atoms with Gasteiger partial charge in [0.05, 0.1) is 6.61 Å². The van der Waals surface area contributed by atoms with Gasteiger partial charge in [0.2, 0.25) is 5.91 Å². The molecule has 2 saturated heterocycles. The molecule has 2 bridgehead atoms.